The Morgan fingerprint density at radius 3 is 2.61 bits per heavy atom. The van der Waals surface area contributed by atoms with Crippen molar-refractivity contribution < 1.29 is 19.8 Å². The predicted octanol–water partition coefficient (Wildman–Crippen LogP) is 0.796. The monoisotopic (exact) mass is 258 g/mol. The zero-order valence-electron chi connectivity index (χ0n) is 11.0. The van der Waals surface area contributed by atoms with E-state index in [1.165, 1.54) is 0 Å². The summed E-state index contributed by atoms with van der Waals surface area (Å²) in [6.07, 6.45) is 2.26. The Balaban J connectivity index is 2.54. The van der Waals surface area contributed by atoms with E-state index in [2.05, 4.69) is 5.32 Å². The number of rotatable bonds is 3. The molecule has 2 amide bonds. The van der Waals surface area contributed by atoms with Gasteiger partial charge in [-0.15, -0.1) is 0 Å². The third-order valence-electron chi connectivity index (χ3n) is 3.35. The van der Waals surface area contributed by atoms with Crippen molar-refractivity contribution in [1.82, 2.24) is 10.2 Å². The van der Waals surface area contributed by atoms with Crippen LogP contribution in [0.5, 0.6) is 0 Å². The maximum absolute atomic E-state index is 11.9. The zero-order valence-corrected chi connectivity index (χ0v) is 11.0. The molecule has 0 aliphatic carbocycles. The van der Waals surface area contributed by atoms with Crippen LogP contribution in [0.25, 0.3) is 0 Å². The Morgan fingerprint density at radius 1 is 1.39 bits per heavy atom. The van der Waals surface area contributed by atoms with Crippen LogP contribution >= 0.6 is 0 Å². The second kappa shape index (κ2) is 6.04. The van der Waals surface area contributed by atoms with Crippen LogP contribution in [0.15, 0.2) is 0 Å². The topological polar surface area (TPSA) is 89.9 Å². The number of nitrogens with zero attached hydrogens (tertiary/aromatic N) is 1. The van der Waals surface area contributed by atoms with Gasteiger partial charge in [0.2, 0.25) is 0 Å². The van der Waals surface area contributed by atoms with Crippen LogP contribution in [0, 0.1) is 0 Å². The Kier molecular flexibility index (Phi) is 4.95. The summed E-state index contributed by atoms with van der Waals surface area (Å²) in [7, 11) is 0. The summed E-state index contributed by atoms with van der Waals surface area (Å²) in [6, 6.07) is -1.21. The number of nitrogens with one attached hydrogen (secondary N) is 1. The van der Waals surface area contributed by atoms with Gasteiger partial charge in [-0.2, -0.15) is 0 Å². The quantitative estimate of drug-likeness (QED) is 0.698. The molecule has 0 bridgehead atoms. The van der Waals surface area contributed by atoms with Crippen LogP contribution in [-0.4, -0.2) is 51.8 Å². The molecule has 0 radical (unpaired) electrons. The second-order valence-corrected chi connectivity index (χ2v) is 5.09. The summed E-state index contributed by atoms with van der Waals surface area (Å²) >= 11 is 0. The van der Waals surface area contributed by atoms with Gasteiger partial charge >= 0.3 is 12.0 Å². The highest BCUT2D eigenvalue weighted by Crippen LogP contribution is 2.21. The number of hydrogen-bond acceptors (Lipinski definition) is 3. The number of aliphatic carboxylic acids is 1. The standard InChI is InChI=1S/C12H22N2O4/c1-3-9(10(15)16)13-11(17)14-7-4-5-12(2,18)6-8-14/h9,18H,3-8H2,1-2H3,(H,13,17)(H,15,16)/t9-,12?/m1/s1. The molecule has 1 heterocycles. The fourth-order valence-corrected chi connectivity index (χ4v) is 2.05. The Hall–Kier alpha value is -1.30. The number of amides is 2. The van der Waals surface area contributed by atoms with E-state index in [9.17, 15) is 14.7 Å². The minimum atomic E-state index is -1.02. The lowest BCUT2D eigenvalue weighted by Crippen LogP contribution is -2.48. The number of carbonyl (C=O) groups excluding carboxylic acids is 1. The number of hydrogen-bond donors (Lipinski definition) is 3. The number of likely N-dealkylation sites (tertiary alicyclic amines) is 1. The van der Waals surface area contributed by atoms with Crippen molar-refractivity contribution in [3.8, 4) is 0 Å². The van der Waals surface area contributed by atoms with E-state index in [1.54, 1.807) is 18.7 Å². The van der Waals surface area contributed by atoms with Crippen molar-refractivity contribution in [1.29, 1.82) is 0 Å². The molecule has 1 saturated heterocycles. The third kappa shape index (κ3) is 4.18. The minimum Gasteiger partial charge on any atom is -0.480 e. The van der Waals surface area contributed by atoms with E-state index < -0.39 is 17.6 Å². The summed E-state index contributed by atoms with van der Waals surface area (Å²) in [6.45, 7) is 4.49. The van der Waals surface area contributed by atoms with Crippen LogP contribution in [0.1, 0.15) is 39.5 Å². The van der Waals surface area contributed by atoms with Crippen molar-refractivity contribution >= 4 is 12.0 Å². The maximum Gasteiger partial charge on any atom is 0.326 e. The van der Waals surface area contributed by atoms with Crippen molar-refractivity contribution in [2.45, 2.75) is 51.2 Å². The van der Waals surface area contributed by atoms with Crippen LogP contribution in [-0.2, 0) is 4.79 Å². The van der Waals surface area contributed by atoms with Crippen molar-refractivity contribution in [2.75, 3.05) is 13.1 Å². The Morgan fingerprint density at radius 2 is 2.06 bits per heavy atom. The van der Waals surface area contributed by atoms with Crippen LogP contribution in [0.4, 0.5) is 4.79 Å². The van der Waals surface area contributed by atoms with Crippen molar-refractivity contribution in [3.05, 3.63) is 0 Å². The van der Waals surface area contributed by atoms with E-state index in [-0.39, 0.29) is 6.03 Å². The molecule has 1 rings (SSSR count). The first-order valence-corrected chi connectivity index (χ1v) is 6.36. The average molecular weight is 258 g/mol. The molecule has 0 aromatic rings. The van der Waals surface area contributed by atoms with E-state index >= 15 is 0 Å². The van der Waals surface area contributed by atoms with Crippen LogP contribution < -0.4 is 5.32 Å². The van der Waals surface area contributed by atoms with E-state index in [0.29, 0.717) is 32.4 Å². The summed E-state index contributed by atoms with van der Waals surface area (Å²) in [5, 5.41) is 21.3. The minimum absolute atomic E-state index is 0.354. The summed E-state index contributed by atoms with van der Waals surface area (Å²) in [5.74, 6) is -1.02. The van der Waals surface area contributed by atoms with Crippen molar-refractivity contribution in [3.63, 3.8) is 0 Å². The molecule has 0 aromatic carbocycles. The molecule has 1 aliphatic rings. The summed E-state index contributed by atoms with van der Waals surface area (Å²) < 4.78 is 0. The second-order valence-electron chi connectivity index (χ2n) is 5.09. The van der Waals surface area contributed by atoms with E-state index in [1.807, 2.05) is 0 Å². The van der Waals surface area contributed by atoms with Gasteiger partial charge in [0, 0.05) is 13.1 Å². The maximum atomic E-state index is 11.9. The lowest BCUT2D eigenvalue weighted by Gasteiger charge is -2.24. The van der Waals surface area contributed by atoms with Gasteiger partial charge in [-0.05, 0) is 32.6 Å². The number of urea groups is 1. The molecule has 1 fully saturated rings. The van der Waals surface area contributed by atoms with Gasteiger partial charge in [0.25, 0.3) is 0 Å². The van der Waals surface area contributed by atoms with Gasteiger partial charge in [0.15, 0.2) is 0 Å². The largest absolute Gasteiger partial charge is 0.480 e. The highest BCUT2D eigenvalue weighted by molar-refractivity contribution is 5.82. The highest BCUT2D eigenvalue weighted by atomic mass is 16.4. The normalized spacial score (nSPS) is 26.3. The molecule has 0 aromatic heterocycles. The lowest BCUT2D eigenvalue weighted by atomic mass is 9.98. The molecule has 2 atom stereocenters. The first kappa shape index (κ1) is 14.8. The molecule has 1 unspecified atom stereocenters. The van der Waals surface area contributed by atoms with Crippen LogP contribution in [0.3, 0.4) is 0 Å². The van der Waals surface area contributed by atoms with Gasteiger partial charge in [-0.3, -0.25) is 0 Å². The summed E-state index contributed by atoms with van der Waals surface area (Å²) in [5.41, 5.74) is -0.730. The van der Waals surface area contributed by atoms with Crippen molar-refractivity contribution in [2.24, 2.45) is 0 Å². The molecular weight excluding hydrogens is 236 g/mol. The fraction of sp³-hybridized carbons (Fsp3) is 0.833. The van der Waals surface area contributed by atoms with Crippen LogP contribution in [0.2, 0.25) is 0 Å². The molecule has 0 spiro atoms. The number of carboxylic acid groups (broad SMARTS) is 1. The molecule has 6 heteroatoms. The zero-order chi connectivity index (χ0) is 13.8. The Bertz CT molecular complexity index is 317. The average Bonchev–Trinajstić information content (AvgIpc) is 2.46. The molecule has 104 valence electrons. The first-order valence-electron chi connectivity index (χ1n) is 6.36. The number of carboxylic acids is 1. The number of aliphatic hydroxyl groups is 1. The molecular formula is C12H22N2O4. The molecule has 18 heavy (non-hydrogen) atoms. The fourth-order valence-electron chi connectivity index (χ4n) is 2.05. The number of carbonyl (C=O) groups is 2. The van der Waals surface area contributed by atoms with Gasteiger partial charge < -0.3 is 20.4 Å². The summed E-state index contributed by atoms with van der Waals surface area (Å²) in [4.78, 5) is 24.3. The highest BCUT2D eigenvalue weighted by Gasteiger charge is 2.28. The SMILES string of the molecule is CC[C@@H](NC(=O)N1CCCC(C)(O)CC1)C(=O)O. The first-order chi connectivity index (χ1) is 8.35. The molecule has 0 saturated carbocycles. The Labute approximate surface area is 107 Å². The van der Waals surface area contributed by atoms with E-state index in [4.69, 9.17) is 5.11 Å². The van der Waals surface area contributed by atoms with Gasteiger partial charge in [0.1, 0.15) is 6.04 Å². The third-order valence-corrected chi connectivity index (χ3v) is 3.35. The lowest BCUT2D eigenvalue weighted by molar-refractivity contribution is -0.139. The molecule has 1 aliphatic heterocycles. The molecule has 6 nitrogen and oxygen atoms in total. The van der Waals surface area contributed by atoms with Gasteiger partial charge in [0.05, 0.1) is 5.60 Å². The molecule has 3 N–H and O–H groups in total. The smallest absolute Gasteiger partial charge is 0.326 e. The predicted molar refractivity (Wildman–Crippen MR) is 66.3 cm³/mol. The van der Waals surface area contributed by atoms with Gasteiger partial charge in [-0.25, -0.2) is 9.59 Å². The van der Waals surface area contributed by atoms with Gasteiger partial charge in [-0.1, -0.05) is 6.92 Å². The van der Waals surface area contributed by atoms with E-state index in [0.717, 1.165) is 6.42 Å².